The Bertz CT molecular complexity index is 392. The number of anilines is 1. The van der Waals surface area contributed by atoms with Gasteiger partial charge in [0.15, 0.2) is 0 Å². The third-order valence-electron chi connectivity index (χ3n) is 1.48. The van der Waals surface area contributed by atoms with Crippen LogP contribution in [0.25, 0.3) is 0 Å². The van der Waals surface area contributed by atoms with E-state index in [0.717, 1.165) is 6.07 Å². The van der Waals surface area contributed by atoms with Crippen LogP contribution in [-0.4, -0.2) is 22.4 Å². The lowest BCUT2D eigenvalue weighted by Crippen LogP contribution is -2.32. The Balaban J connectivity index is 2.56. The van der Waals surface area contributed by atoms with Gasteiger partial charge in [0, 0.05) is 6.54 Å². The van der Waals surface area contributed by atoms with Gasteiger partial charge in [0.2, 0.25) is 5.95 Å². The Morgan fingerprint density at radius 2 is 2.25 bits per heavy atom. The molecule has 0 atom stereocenters. The van der Waals surface area contributed by atoms with Crippen LogP contribution in [0.15, 0.2) is 16.7 Å². The number of pyridine rings is 1. The van der Waals surface area contributed by atoms with Crippen molar-refractivity contribution in [1.82, 2.24) is 10.3 Å². The van der Waals surface area contributed by atoms with E-state index in [9.17, 15) is 9.18 Å². The average Bonchev–Trinajstić information content (AvgIpc) is 2.19. The topological polar surface area (TPSA) is 54.0 Å². The molecule has 16 heavy (non-hydrogen) atoms. The molecule has 0 bridgehead atoms. The Kier molecular flexibility index (Phi) is 5.24. The van der Waals surface area contributed by atoms with Gasteiger partial charge in [-0.2, -0.15) is 4.39 Å². The van der Waals surface area contributed by atoms with E-state index in [1.54, 1.807) is 0 Å². The van der Waals surface area contributed by atoms with Crippen LogP contribution in [0.1, 0.15) is 0 Å². The van der Waals surface area contributed by atoms with Gasteiger partial charge >= 0.3 is 6.03 Å². The predicted molar refractivity (Wildman–Crippen MR) is 64.4 cm³/mol. The number of hydrogen-bond acceptors (Lipinski definition) is 2. The van der Waals surface area contributed by atoms with Crippen LogP contribution < -0.4 is 10.6 Å². The highest BCUT2D eigenvalue weighted by Gasteiger charge is 2.08. The molecule has 0 aliphatic heterocycles. The van der Waals surface area contributed by atoms with Crippen molar-refractivity contribution in [2.24, 2.45) is 0 Å². The highest BCUT2D eigenvalue weighted by Crippen LogP contribution is 2.19. The Morgan fingerprint density at radius 3 is 2.81 bits per heavy atom. The van der Waals surface area contributed by atoms with Crippen molar-refractivity contribution in [1.29, 1.82) is 0 Å². The van der Waals surface area contributed by atoms with E-state index >= 15 is 0 Å². The monoisotopic (exact) mass is 329 g/mol. The molecular formula is C8H7BrCl2FN3O. The summed E-state index contributed by atoms with van der Waals surface area (Å²) in [5.41, 5.74) is 0.347. The zero-order chi connectivity index (χ0) is 12.1. The Morgan fingerprint density at radius 1 is 1.56 bits per heavy atom. The summed E-state index contributed by atoms with van der Waals surface area (Å²) in [5, 5.41) is 4.87. The number of carbonyl (C=O) groups excluding carboxylic acids is 1. The van der Waals surface area contributed by atoms with Crippen molar-refractivity contribution in [2.75, 3.05) is 11.9 Å². The van der Waals surface area contributed by atoms with Gasteiger partial charge in [0.05, 0.1) is 5.69 Å². The molecule has 0 saturated carbocycles. The molecule has 1 heterocycles. The third-order valence-corrected chi connectivity index (χ3v) is 2.39. The molecule has 88 valence electrons. The lowest BCUT2D eigenvalue weighted by Gasteiger charge is -2.08. The zero-order valence-corrected chi connectivity index (χ0v) is 10.9. The molecule has 0 aromatic carbocycles. The summed E-state index contributed by atoms with van der Waals surface area (Å²) >= 11 is 13.9. The van der Waals surface area contributed by atoms with Gasteiger partial charge in [-0.05, 0) is 28.1 Å². The number of aromatic nitrogens is 1. The average molecular weight is 331 g/mol. The molecular weight excluding hydrogens is 324 g/mol. The first kappa shape index (κ1) is 13.5. The van der Waals surface area contributed by atoms with E-state index in [-0.39, 0.29) is 11.1 Å². The van der Waals surface area contributed by atoms with Gasteiger partial charge < -0.3 is 10.6 Å². The van der Waals surface area contributed by atoms with Gasteiger partial charge in [0.25, 0.3) is 0 Å². The van der Waals surface area contributed by atoms with Crippen molar-refractivity contribution in [2.45, 2.75) is 4.84 Å². The molecule has 4 nitrogen and oxygen atoms in total. The maximum atomic E-state index is 12.6. The van der Waals surface area contributed by atoms with Crippen LogP contribution in [0.2, 0.25) is 0 Å². The summed E-state index contributed by atoms with van der Waals surface area (Å²) in [6, 6.07) is 2.01. The van der Waals surface area contributed by atoms with Gasteiger partial charge in [-0.1, -0.05) is 0 Å². The molecule has 0 unspecified atom stereocenters. The minimum Gasteiger partial charge on any atom is -0.335 e. The number of hydrogen-bond donors (Lipinski definition) is 2. The van der Waals surface area contributed by atoms with Crippen molar-refractivity contribution < 1.29 is 9.18 Å². The first-order chi connectivity index (χ1) is 7.49. The van der Waals surface area contributed by atoms with Crippen molar-refractivity contribution in [3.05, 3.63) is 22.7 Å². The van der Waals surface area contributed by atoms with Crippen molar-refractivity contribution in [3.8, 4) is 0 Å². The third kappa shape index (κ3) is 4.51. The zero-order valence-electron chi connectivity index (χ0n) is 7.81. The van der Waals surface area contributed by atoms with Gasteiger partial charge in [-0.3, -0.25) is 0 Å². The standard InChI is InChI=1S/C8H7BrCl2FN3O/c9-7-4(1-2-6(12)15-7)14-8(16)13-3-5(10)11/h1-2,5H,3H2,(H2,13,14,16). The molecule has 8 heteroatoms. The van der Waals surface area contributed by atoms with Gasteiger partial charge in [0.1, 0.15) is 9.44 Å². The summed E-state index contributed by atoms with van der Waals surface area (Å²) in [5.74, 6) is -0.639. The minimum absolute atomic E-state index is 0.112. The number of nitrogens with zero attached hydrogens (tertiary/aromatic N) is 1. The predicted octanol–water partition coefficient (Wildman–Crippen LogP) is 2.91. The summed E-state index contributed by atoms with van der Waals surface area (Å²) in [7, 11) is 0. The number of carbonyl (C=O) groups is 1. The SMILES string of the molecule is O=C(NCC(Cl)Cl)Nc1ccc(F)nc1Br. The lowest BCUT2D eigenvalue weighted by atomic mass is 10.4. The molecule has 2 N–H and O–H groups in total. The van der Waals surface area contributed by atoms with Crippen LogP contribution in [0.3, 0.4) is 0 Å². The number of urea groups is 1. The van der Waals surface area contributed by atoms with Gasteiger partial charge in [-0.25, -0.2) is 9.78 Å². The number of amides is 2. The molecule has 0 saturated heterocycles. The molecule has 0 aliphatic carbocycles. The maximum absolute atomic E-state index is 12.6. The van der Waals surface area contributed by atoms with E-state index in [0.29, 0.717) is 5.69 Å². The normalized spacial score (nSPS) is 10.3. The first-order valence-electron chi connectivity index (χ1n) is 4.14. The molecule has 2 amide bonds. The first-order valence-corrected chi connectivity index (χ1v) is 5.80. The molecule has 0 aliphatic rings. The molecule has 0 spiro atoms. The quantitative estimate of drug-likeness (QED) is 0.661. The Hall–Kier alpha value is -0.590. The fraction of sp³-hybridized carbons (Fsp3) is 0.250. The summed E-state index contributed by atoms with van der Waals surface area (Å²) in [6.45, 7) is 0.112. The molecule has 0 fully saturated rings. The number of alkyl halides is 2. The number of halogens is 4. The van der Waals surface area contributed by atoms with E-state index < -0.39 is 16.8 Å². The van der Waals surface area contributed by atoms with Crippen LogP contribution in [0.5, 0.6) is 0 Å². The minimum atomic E-state index is -0.680. The van der Waals surface area contributed by atoms with Crippen molar-refractivity contribution >= 4 is 50.9 Å². The second kappa shape index (κ2) is 6.22. The van der Waals surface area contributed by atoms with E-state index in [1.165, 1.54) is 6.07 Å². The molecule has 1 aromatic heterocycles. The summed E-state index contributed by atoms with van der Waals surface area (Å²) in [4.78, 5) is 14.1. The molecule has 0 radical (unpaired) electrons. The highest BCUT2D eigenvalue weighted by atomic mass is 79.9. The molecule has 1 aromatic rings. The van der Waals surface area contributed by atoms with Crippen LogP contribution >= 0.6 is 39.1 Å². The summed E-state index contributed by atoms with van der Waals surface area (Å²) < 4.78 is 12.8. The Labute approximate surface area is 110 Å². The second-order valence-electron chi connectivity index (χ2n) is 2.70. The fourth-order valence-electron chi connectivity index (χ4n) is 0.842. The maximum Gasteiger partial charge on any atom is 0.319 e. The lowest BCUT2D eigenvalue weighted by molar-refractivity contribution is 0.252. The number of rotatable bonds is 3. The highest BCUT2D eigenvalue weighted by molar-refractivity contribution is 9.10. The van der Waals surface area contributed by atoms with Crippen LogP contribution in [0.4, 0.5) is 14.9 Å². The van der Waals surface area contributed by atoms with Crippen molar-refractivity contribution in [3.63, 3.8) is 0 Å². The smallest absolute Gasteiger partial charge is 0.319 e. The fourth-order valence-corrected chi connectivity index (χ4v) is 1.40. The van der Waals surface area contributed by atoms with Crippen LogP contribution in [0, 0.1) is 5.95 Å². The summed E-state index contributed by atoms with van der Waals surface area (Å²) in [6.07, 6.45) is 0. The second-order valence-corrected chi connectivity index (χ2v) is 4.73. The van der Waals surface area contributed by atoms with Gasteiger partial charge in [-0.15, -0.1) is 23.2 Å². The largest absolute Gasteiger partial charge is 0.335 e. The number of nitrogens with one attached hydrogen (secondary N) is 2. The van der Waals surface area contributed by atoms with Crippen LogP contribution in [-0.2, 0) is 0 Å². The molecule has 1 rings (SSSR count). The van der Waals surface area contributed by atoms with E-state index in [4.69, 9.17) is 23.2 Å². The van der Waals surface area contributed by atoms with E-state index in [2.05, 4.69) is 31.5 Å². The van der Waals surface area contributed by atoms with E-state index in [1.807, 2.05) is 0 Å².